The third-order valence-corrected chi connectivity index (χ3v) is 5.67. The Morgan fingerprint density at radius 3 is 2.61 bits per heavy atom. The molecule has 1 aliphatic heterocycles. The number of H-pyrrole nitrogens is 1. The van der Waals surface area contributed by atoms with Gasteiger partial charge in [-0.25, -0.2) is 4.98 Å². The minimum atomic E-state index is -1.40. The number of aliphatic hydroxyl groups excluding tert-OH is 3. The molecule has 3 aromatic rings. The minimum Gasteiger partial charge on any atom is -0.394 e. The van der Waals surface area contributed by atoms with E-state index in [0.717, 1.165) is 11.8 Å². The van der Waals surface area contributed by atoms with E-state index < -0.39 is 36.7 Å². The van der Waals surface area contributed by atoms with Gasteiger partial charge in [-0.1, -0.05) is 11.8 Å². The minimum absolute atomic E-state index is 0.0238. The zero-order valence-corrected chi connectivity index (χ0v) is 17.0. The molecule has 164 valence electrons. The molecule has 7 N–H and O–H groups in total. The first-order valence-corrected chi connectivity index (χ1v) is 10.1. The van der Waals surface area contributed by atoms with Crippen LogP contribution in [-0.4, -0.2) is 65.7 Å². The summed E-state index contributed by atoms with van der Waals surface area (Å²) < 4.78 is 7.00. The Hall–Kier alpha value is -2.97. The van der Waals surface area contributed by atoms with Crippen molar-refractivity contribution in [2.75, 3.05) is 17.7 Å². The SMILES string of the molecule is CC(=O)Nc1ccc(Sc2nc3c(=O)[nH]c(N)nc3n2[C@@H]2O[C@H](CO)[C@@H](O)[C@H]2O)cc1. The monoisotopic (exact) mass is 448 g/mol. The number of aromatic amines is 1. The number of imidazole rings is 1. The third kappa shape index (κ3) is 4.00. The van der Waals surface area contributed by atoms with Crippen molar-refractivity contribution in [3.63, 3.8) is 0 Å². The fourth-order valence-corrected chi connectivity index (χ4v) is 4.20. The highest BCUT2D eigenvalue weighted by Crippen LogP contribution is 2.37. The summed E-state index contributed by atoms with van der Waals surface area (Å²) in [6, 6.07) is 6.88. The molecule has 13 heteroatoms. The molecule has 1 aliphatic rings. The van der Waals surface area contributed by atoms with Gasteiger partial charge in [-0.2, -0.15) is 4.98 Å². The highest BCUT2D eigenvalue weighted by atomic mass is 32.2. The molecular formula is C18H20N6O6S. The van der Waals surface area contributed by atoms with Crippen molar-refractivity contribution in [3.8, 4) is 0 Å². The first-order chi connectivity index (χ1) is 14.8. The number of nitrogens with zero attached hydrogens (tertiary/aromatic N) is 3. The van der Waals surface area contributed by atoms with Crippen molar-refractivity contribution in [1.29, 1.82) is 0 Å². The van der Waals surface area contributed by atoms with E-state index in [2.05, 4.69) is 20.3 Å². The number of hydrogen-bond acceptors (Lipinski definition) is 10. The lowest BCUT2D eigenvalue weighted by molar-refractivity contribution is -0.114. The van der Waals surface area contributed by atoms with Crippen LogP contribution in [0.2, 0.25) is 0 Å². The number of nitrogens with two attached hydrogens (primary N) is 1. The molecule has 1 saturated heterocycles. The average molecular weight is 448 g/mol. The molecule has 4 atom stereocenters. The van der Waals surface area contributed by atoms with E-state index >= 15 is 0 Å². The molecule has 4 rings (SSSR count). The number of aromatic nitrogens is 4. The number of aliphatic hydroxyl groups is 3. The van der Waals surface area contributed by atoms with Crippen molar-refractivity contribution in [2.45, 2.75) is 41.5 Å². The van der Waals surface area contributed by atoms with Gasteiger partial charge in [0.2, 0.25) is 11.9 Å². The predicted molar refractivity (Wildman–Crippen MR) is 110 cm³/mol. The van der Waals surface area contributed by atoms with Crippen LogP contribution < -0.4 is 16.6 Å². The van der Waals surface area contributed by atoms with E-state index in [1.54, 1.807) is 24.3 Å². The molecule has 2 aromatic heterocycles. The van der Waals surface area contributed by atoms with E-state index in [1.807, 2.05) is 0 Å². The lowest BCUT2D eigenvalue weighted by Crippen LogP contribution is -2.33. The van der Waals surface area contributed by atoms with Gasteiger partial charge >= 0.3 is 0 Å². The summed E-state index contributed by atoms with van der Waals surface area (Å²) in [7, 11) is 0. The summed E-state index contributed by atoms with van der Waals surface area (Å²) >= 11 is 1.15. The lowest BCUT2D eigenvalue weighted by atomic mass is 10.1. The number of amides is 1. The van der Waals surface area contributed by atoms with Gasteiger partial charge < -0.3 is 31.1 Å². The number of nitrogens with one attached hydrogen (secondary N) is 2. The fraction of sp³-hybridized carbons (Fsp3) is 0.333. The second-order valence-electron chi connectivity index (χ2n) is 6.92. The van der Waals surface area contributed by atoms with Crippen molar-refractivity contribution in [3.05, 3.63) is 34.6 Å². The van der Waals surface area contributed by atoms with Gasteiger partial charge in [-0.05, 0) is 24.3 Å². The number of benzene rings is 1. The Kier molecular flexibility index (Phi) is 5.68. The van der Waals surface area contributed by atoms with E-state index in [1.165, 1.54) is 11.5 Å². The Morgan fingerprint density at radius 2 is 2.00 bits per heavy atom. The zero-order valence-electron chi connectivity index (χ0n) is 16.2. The average Bonchev–Trinajstić information content (AvgIpc) is 3.20. The molecule has 1 amide bonds. The molecule has 0 saturated carbocycles. The topological polar surface area (TPSA) is 189 Å². The van der Waals surface area contributed by atoms with E-state index in [9.17, 15) is 24.9 Å². The van der Waals surface area contributed by atoms with Crippen LogP contribution in [0.4, 0.5) is 11.6 Å². The van der Waals surface area contributed by atoms with Crippen LogP contribution in [0.1, 0.15) is 13.2 Å². The number of carbonyl (C=O) groups excluding carboxylic acids is 1. The van der Waals surface area contributed by atoms with Gasteiger partial charge in [0.25, 0.3) is 5.56 Å². The van der Waals surface area contributed by atoms with Gasteiger partial charge in [-0.3, -0.25) is 19.1 Å². The summed E-state index contributed by atoms with van der Waals surface area (Å²) in [4.78, 5) is 35.1. The summed E-state index contributed by atoms with van der Waals surface area (Å²) in [6.45, 7) is 0.896. The second-order valence-corrected chi connectivity index (χ2v) is 7.96. The van der Waals surface area contributed by atoms with Crippen LogP contribution in [0.5, 0.6) is 0 Å². The van der Waals surface area contributed by atoms with Crippen LogP contribution in [0.25, 0.3) is 11.2 Å². The van der Waals surface area contributed by atoms with Gasteiger partial charge in [0.05, 0.1) is 6.61 Å². The molecular weight excluding hydrogens is 428 g/mol. The molecule has 0 bridgehead atoms. The maximum atomic E-state index is 12.4. The largest absolute Gasteiger partial charge is 0.394 e. The molecule has 0 unspecified atom stereocenters. The van der Waals surface area contributed by atoms with Crippen molar-refractivity contribution >= 4 is 40.5 Å². The number of ether oxygens (including phenoxy) is 1. The molecule has 1 fully saturated rings. The fourth-order valence-electron chi connectivity index (χ4n) is 3.29. The maximum absolute atomic E-state index is 12.4. The second kappa shape index (κ2) is 8.28. The first-order valence-electron chi connectivity index (χ1n) is 9.24. The number of anilines is 2. The molecule has 0 radical (unpaired) electrons. The van der Waals surface area contributed by atoms with Crippen LogP contribution in [-0.2, 0) is 9.53 Å². The van der Waals surface area contributed by atoms with Gasteiger partial charge in [0.15, 0.2) is 22.5 Å². The summed E-state index contributed by atoms with van der Waals surface area (Å²) in [5.74, 6) is -0.351. The van der Waals surface area contributed by atoms with Gasteiger partial charge in [0, 0.05) is 17.5 Å². The van der Waals surface area contributed by atoms with Crippen LogP contribution in [0.15, 0.2) is 39.1 Å². The van der Waals surface area contributed by atoms with Crippen LogP contribution in [0, 0.1) is 0 Å². The zero-order chi connectivity index (χ0) is 22.3. The Balaban J connectivity index is 1.78. The number of fused-ring (bicyclic) bond motifs is 1. The molecule has 0 spiro atoms. The molecule has 12 nitrogen and oxygen atoms in total. The van der Waals surface area contributed by atoms with E-state index in [-0.39, 0.29) is 28.2 Å². The third-order valence-electron chi connectivity index (χ3n) is 4.69. The van der Waals surface area contributed by atoms with Gasteiger partial charge in [-0.15, -0.1) is 0 Å². The highest BCUT2D eigenvalue weighted by Gasteiger charge is 2.45. The number of carbonyl (C=O) groups is 1. The Morgan fingerprint density at radius 1 is 1.29 bits per heavy atom. The predicted octanol–water partition coefficient (Wildman–Crippen LogP) is -0.577. The molecule has 31 heavy (non-hydrogen) atoms. The summed E-state index contributed by atoms with van der Waals surface area (Å²) in [5.41, 5.74) is 5.76. The number of rotatable bonds is 5. The standard InChI is InChI=1S/C18H20N6O6S/c1-7(26)20-8-2-4-9(5-3-8)31-18-21-11-14(22-17(19)23-15(11)29)24(18)16-13(28)12(27)10(6-25)30-16/h2-5,10,12-13,16,25,27-28H,6H2,1H3,(H,20,26)(H3,19,22,23,29)/t10-,12-,13-,16-/m1/s1. The quantitative estimate of drug-likeness (QED) is 0.295. The molecule has 0 aliphatic carbocycles. The summed E-state index contributed by atoms with van der Waals surface area (Å²) in [6.07, 6.45) is -4.93. The maximum Gasteiger partial charge on any atom is 0.280 e. The molecule has 3 heterocycles. The van der Waals surface area contributed by atoms with E-state index in [4.69, 9.17) is 10.5 Å². The summed E-state index contributed by atoms with van der Waals surface area (Å²) in [5, 5.41) is 33.0. The number of hydrogen-bond donors (Lipinski definition) is 6. The van der Waals surface area contributed by atoms with Crippen molar-refractivity contribution in [1.82, 2.24) is 19.5 Å². The lowest BCUT2D eigenvalue weighted by Gasteiger charge is -2.19. The van der Waals surface area contributed by atoms with Crippen LogP contribution >= 0.6 is 11.8 Å². The highest BCUT2D eigenvalue weighted by molar-refractivity contribution is 7.99. The van der Waals surface area contributed by atoms with Gasteiger partial charge in [0.1, 0.15) is 18.3 Å². The first kappa shape index (κ1) is 21.3. The van der Waals surface area contributed by atoms with Crippen molar-refractivity contribution in [2.24, 2.45) is 0 Å². The smallest absolute Gasteiger partial charge is 0.280 e. The molecule has 1 aromatic carbocycles. The normalized spacial score (nSPS) is 23.4. The number of nitrogen functional groups attached to an aromatic ring is 1. The Labute approximate surface area is 179 Å². The Bertz CT molecular complexity index is 1180. The van der Waals surface area contributed by atoms with E-state index in [0.29, 0.717) is 10.6 Å². The van der Waals surface area contributed by atoms with Crippen LogP contribution in [0.3, 0.4) is 0 Å². The van der Waals surface area contributed by atoms with Crippen molar-refractivity contribution < 1.29 is 24.9 Å².